The van der Waals surface area contributed by atoms with Gasteiger partial charge in [-0.1, -0.05) is 6.07 Å². The normalized spacial score (nSPS) is 13.2. The Kier molecular flexibility index (Phi) is 3.06. The molecule has 0 aliphatic carbocycles. The molecule has 0 spiro atoms. The summed E-state index contributed by atoms with van der Waals surface area (Å²) in [4.78, 5) is 25.1. The van der Waals surface area contributed by atoms with Gasteiger partial charge in [-0.3, -0.25) is 9.59 Å². The molecule has 1 aromatic carbocycles. The van der Waals surface area contributed by atoms with Crippen molar-refractivity contribution >= 4 is 23.1 Å². The Hall–Kier alpha value is -2.14. The van der Waals surface area contributed by atoms with E-state index in [0.717, 1.165) is 10.4 Å². The van der Waals surface area contributed by atoms with Crippen LogP contribution in [0.1, 0.15) is 31.2 Å². The number of carbonyl (C=O) groups excluding carboxylic acids is 1. The highest BCUT2D eigenvalue weighted by molar-refractivity contribution is 7.14. The van der Waals surface area contributed by atoms with Crippen molar-refractivity contribution in [2.45, 2.75) is 20.0 Å². The van der Waals surface area contributed by atoms with Crippen LogP contribution >= 0.6 is 11.3 Å². The molecule has 1 N–H and O–H groups in total. The lowest BCUT2D eigenvalue weighted by Crippen LogP contribution is -2.04. The molecule has 2 heterocycles. The molecule has 0 saturated carbocycles. The number of aliphatic carboxylic acids is 1. The van der Waals surface area contributed by atoms with Gasteiger partial charge in [0.15, 0.2) is 0 Å². The molecular formula is C15H12O4S. The molecular weight excluding hydrogens is 276 g/mol. The van der Waals surface area contributed by atoms with Gasteiger partial charge < -0.3 is 9.84 Å². The van der Waals surface area contributed by atoms with E-state index in [1.165, 1.54) is 11.3 Å². The smallest absolute Gasteiger partial charge is 0.307 e. The third-order valence-electron chi connectivity index (χ3n) is 3.17. The lowest BCUT2D eigenvalue weighted by Gasteiger charge is -2.07. The molecule has 0 radical (unpaired) electrons. The Morgan fingerprint density at radius 2 is 2.20 bits per heavy atom. The summed E-state index contributed by atoms with van der Waals surface area (Å²) >= 11 is 1.45. The maximum Gasteiger partial charge on any atom is 0.307 e. The number of carboxylic acids is 1. The van der Waals surface area contributed by atoms with Gasteiger partial charge in [0.05, 0.1) is 16.9 Å². The summed E-state index contributed by atoms with van der Waals surface area (Å²) in [5.41, 5.74) is 1.95. The van der Waals surface area contributed by atoms with E-state index in [-0.39, 0.29) is 12.2 Å². The lowest BCUT2D eigenvalue weighted by atomic mass is 10.0. The van der Waals surface area contributed by atoms with E-state index in [1.807, 2.05) is 13.0 Å². The summed E-state index contributed by atoms with van der Waals surface area (Å²) in [6.07, 6.45) is -0.100. The first kappa shape index (κ1) is 12.9. The molecule has 102 valence electrons. The first-order chi connectivity index (χ1) is 9.54. The zero-order valence-corrected chi connectivity index (χ0v) is 11.6. The van der Waals surface area contributed by atoms with Crippen LogP contribution in [0.3, 0.4) is 0 Å². The molecule has 0 bridgehead atoms. The van der Waals surface area contributed by atoms with Crippen molar-refractivity contribution in [3.8, 4) is 5.75 Å². The second kappa shape index (κ2) is 4.76. The van der Waals surface area contributed by atoms with Crippen LogP contribution < -0.4 is 4.74 Å². The van der Waals surface area contributed by atoms with E-state index >= 15 is 0 Å². The van der Waals surface area contributed by atoms with E-state index in [0.29, 0.717) is 28.4 Å². The van der Waals surface area contributed by atoms with Crippen LogP contribution in [0.5, 0.6) is 5.75 Å². The topological polar surface area (TPSA) is 63.6 Å². The summed E-state index contributed by atoms with van der Waals surface area (Å²) in [5, 5.41) is 8.84. The van der Waals surface area contributed by atoms with E-state index in [9.17, 15) is 9.59 Å². The number of thiophene rings is 1. The van der Waals surface area contributed by atoms with Crippen molar-refractivity contribution < 1.29 is 19.4 Å². The molecule has 0 unspecified atom stereocenters. The molecule has 2 aromatic rings. The molecule has 0 saturated heterocycles. The maximum atomic E-state index is 12.6. The fourth-order valence-electron chi connectivity index (χ4n) is 2.31. The Morgan fingerprint density at radius 3 is 2.95 bits per heavy atom. The summed E-state index contributed by atoms with van der Waals surface area (Å²) < 4.78 is 5.66. The van der Waals surface area contributed by atoms with Crippen LogP contribution in [0.2, 0.25) is 0 Å². The highest BCUT2D eigenvalue weighted by Gasteiger charge is 2.24. The molecule has 0 atom stereocenters. The first-order valence-electron chi connectivity index (χ1n) is 6.16. The van der Waals surface area contributed by atoms with Gasteiger partial charge >= 0.3 is 5.97 Å². The monoisotopic (exact) mass is 288 g/mol. The fourth-order valence-corrected chi connectivity index (χ4v) is 3.28. The molecule has 5 heteroatoms. The standard InChI is InChI=1S/C15H12O4S/c1-8-4-10-7-19-12-3-2-9(6-13(16)17)5-11(12)14(18)15(10)20-8/h2-5H,6-7H2,1H3,(H,16,17). The number of carboxylic acid groups (broad SMARTS) is 1. The van der Waals surface area contributed by atoms with Crippen LogP contribution in [0.4, 0.5) is 0 Å². The number of rotatable bonds is 2. The number of benzene rings is 1. The number of ether oxygens (including phenoxy) is 1. The maximum absolute atomic E-state index is 12.6. The zero-order valence-electron chi connectivity index (χ0n) is 10.8. The molecule has 0 amide bonds. The zero-order chi connectivity index (χ0) is 14.3. The molecule has 0 fully saturated rings. The predicted octanol–water partition coefficient (Wildman–Crippen LogP) is 2.81. The number of fused-ring (bicyclic) bond motifs is 2. The molecule has 20 heavy (non-hydrogen) atoms. The van der Waals surface area contributed by atoms with Gasteiger partial charge in [-0.2, -0.15) is 0 Å². The van der Waals surface area contributed by atoms with Crippen molar-refractivity contribution in [1.29, 1.82) is 0 Å². The summed E-state index contributed by atoms with van der Waals surface area (Å²) in [5.74, 6) is -0.484. The van der Waals surface area contributed by atoms with Crippen LogP contribution in [0, 0.1) is 6.92 Å². The van der Waals surface area contributed by atoms with Gasteiger partial charge in [-0.05, 0) is 30.7 Å². The lowest BCUT2D eigenvalue weighted by molar-refractivity contribution is -0.136. The number of ketones is 1. The predicted molar refractivity (Wildman–Crippen MR) is 74.6 cm³/mol. The number of carbonyl (C=O) groups is 2. The molecule has 1 aliphatic heterocycles. The Bertz CT molecular complexity index is 715. The van der Waals surface area contributed by atoms with Crippen LogP contribution in [0.25, 0.3) is 0 Å². The summed E-state index contributed by atoms with van der Waals surface area (Å²) in [7, 11) is 0. The van der Waals surface area contributed by atoms with Crippen molar-refractivity contribution in [3.05, 3.63) is 50.7 Å². The second-order valence-electron chi connectivity index (χ2n) is 4.73. The summed E-state index contributed by atoms with van der Waals surface area (Å²) in [6.45, 7) is 2.32. The Morgan fingerprint density at radius 1 is 1.40 bits per heavy atom. The Labute approximate surface area is 119 Å². The number of hydrogen-bond acceptors (Lipinski definition) is 4. The highest BCUT2D eigenvalue weighted by Crippen LogP contribution is 2.33. The highest BCUT2D eigenvalue weighted by atomic mass is 32.1. The van der Waals surface area contributed by atoms with Gasteiger partial charge in [-0.25, -0.2) is 0 Å². The van der Waals surface area contributed by atoms with Crippen molar-refractivity contribution in [2.75, 3.05) is 0 Å². The Balaban J connectivity index is 2.07. The minimum Gasteiger partial charge on any atom is -0.488 e. The second-order valence-corrected chi connectivity index (χ2v) is 5.99. The van der Waals surface area contributed by atoms with Gasteiger partial charge in [-0.15, -0.1) is 11.3 Å². The third-order valence-corrected chi connectivity index (χ3v) is 4.26. The largest absolute Gasteiger partial charge is 0.488 e. The van der Waals surface area contributed by atoms with Crippen LogP contribution in [-0.4, -0.2) is 16.9 Å². The van der Waals surface area contributed by atoms with Gasteiger partial charge in [0, 0.05) is 10.4 Å². The third kappa shape index (κ3) is 2.20. The average molecular weight is 288 g/mol. The van der Waals surface area contributed by atoms with Crippen molar-refractivity contribution in [2.24, 2.45) is 0 Å². The first-order valence-corrected chi connectivity index (χ1v) is 6.98. The molecule has 1 aromatic heterocycles. The average Bonchev–Trinajstić information content (AvgIpc) is 2.71. The molecule has 1 aliphatic rings. The molecule has 4 nitrogen and oxygen atoms in total. The van der Waals surface area contributed by atoms with Crippen molar-refractivity contribution in [1.82, 2.24) is 0 Å². The fraction of sp³-hybridized carbons (Fsp3) is 0.200. The van der Waals surface area contributed by atoms with Gasteiger partial charge in [0.2, 0.25) is 5.78 Å². The van der Waals surface area contributed by atoms with Crippen molar-refractivity contribution in [3.63, 3.8) is 0 Å². The van der Waals surface area contributed by atoms with Crippen LogP contribution in [-0.2, 0) is 17.8 Å². The van der Waals surface area contributed by atoms with Gasteiger partial charge in [0.1, 0.15) is 12.4 Å². The number of hydrogen-bond donors (Lipinski definition) is 1. The van der Waals surface area contributed by atoms with Crippen LogP contribution in [0.15, 0.2) is 24.3 Å². The van der Waals surface area contributed by atoms with E-state index in [2.05, 4.69) is 0 Å². The van der Waals surface area contributed by atoms with Gasteiger partial charge in [0.25, 0.3) is 0 Å². The quantitative estimate of drug-likeness (QED) is 0.923. The molecule has 3 rings (SSSR count). The van der Waals surface area contributed by atoms with E-state index in [1.54, 1.807) is 18.2 Å². The SMILES string of the molecule is Cc1cc2c(s1)C(=O)c1cc(CC(=O)O)ccc1OC2. The van der Waals surface area contributed by atoms with E-state index in [4.69, 9.17) is 9.84 Å². The summed E-state index contributed by atoms with van der Waals surface area (Å²) in [6, 6.07) is 6.94. The minimum atomic E-state index is -0.917. The minimum absolute atomic E-state index is 0.0853. The van der Waals surface area contributed by atoms with E-state index < -0.39 is 5.97 Å². The number of aryl methyl sites for hydroxylation is 1.